The molecule has 1 aromatic rings. The number of hydrogen-bond acceptors (Lipinski definition) is 2. The van der Waals surface area contributed by atoms with Crippen LogP contribution >= 0.6 is 22.6 Å². The van der Waals surface area contributed by atoms with Crippen molar-refractivity contribution < 1.29 is 9.59 Å². The van der Waals surface area contributed by atoms with Gasteiger partial charge in [-0.2, -0.15) is 0 Å². The van der Waals surface area contributed by atoms with E-state index in [0.717, 1.165) is 46.3 Å². The van der Waals surface area contributed by atoms with Crippen LogP contribution in [0.25, 0.3) is 0 Å². The molecule has 0 spiro atoms. The van der Waals surface area contributed by atoms with E-state index < -0.39 is 6.04 Å². The summed E-state index contributed by atoms with van der Waals surface area (Å²) in [4.78, 5) is 25.4. The van der Waals surface area contributed by atoms with Crippen molar-refractivity contribution in [2.75, 3.05) is 5.32 Å². The molecule has 5 heteroatoms. The van der Waals surface area contributed by atoms with Crippen LogP contribution in [-0.4, -0.2) is 17.9 Å². The fourth-order valence-electron chi connectivity index (χ4n) is 5.59. The van der Waals surface area contributed by atoms with Crippen LogP contribution in [0.2, 0.25) is 0 Å². The molecule has 2 amide bonds. The summed E-state index contributed by atoms with van der Waals surface area (Å²) in [6.07, 6.45) is 7.02. The highest BCUT2D eigenvalue weighted by atomic mass is 127. The molecule has 0 saturated heterocycles. The van der Waals surface area contributed by atoms with Gasteiger partial charge in [-0.1, -0.05) is 0 Å². The van der Waals surface area contributed by atoms with E-state index in [1.54, 1.807) is 6.92 Å². The minimum Gasteiger partial charge on any atom is -0.344 e. The van der Waals surface area contributed by atoms with Gasteiger partial charge in [0.2, 0.25) is 11.8 Å². The SMILES string of the molecule is C[C@H](NC(=O)C12CC3CC(CC(C3)C1)C2)C(=O)Nc1ccc(I)cc1. The van der Waals surface area contributed by atoms with Crippen molar-refractivity contribution in [3.63, 3.8) is 0 Å². The van der Waals surface area contributed by atoms with Crippen molar-refractivity contribution in [2.45, 2.75) is 51.5 Å². The van der Waals surface area contributed by atoms with Crippen molar-refractivity contribution in [1.29, 1.82) is 0 Å². The minimum absolute atomic E-state index is 0.108. The standard InChI is InChI=1S/C20H25IN2O2/c1-12(18(24)23-17-4-2-16(21)3-5-17)22-19(25)20-9-13-6-14(10-20)8-15(7-13)11-20/h2-5,12-15H,6-11H2,1H3,(H,22,25)(H,23,24)/t12-,13?,14?,15?,20?/m0/s1. The molecule has 4 fully saturated rings. The Morgan fingerprint density at radius 2 is 1.56 bits per heavy atom. The number of hydrogen-bond donors (Lipinski definition) is 2. The summed E-state index contributed by atoms with van der Waals surface area (Å²) in [5.74, 6) is 2.14. The summed E-state index contributed by atoms with van der Waals surface area (Å²) in [5, 5.41) is 5.91. The van der Waals surface area contributed by atoms with Crippen molar-refractivity contribution in [3.05, 3.63) is 27.8 Å². The molecule has 4 aliphatic rings. The smallest absolute Gasteiger partial charge is 0.246 e. The van der Waals surface area contributed by atoms with Gasteiger partial charge in [-0.25, -0.2) is 0 Å². The number of carbonyl (C=O) groups is 2. The number of nitrogens with one attached hydrogen (secondary N) is 2. The first-order chi connectivity index (χ1) is 11.9. The number of anilines is 1. The van der Waals surface area contributed by atoms with Crippen molar-refractivity contribution in [1.82, 2.24) is 5.32 Å². The van der Waals surface area contributed by atoms with E-state index in [0.29, 0.717) is 0 Å². The van der Waals surface area contributed by atoms with Gasteiger partial charge in [-0.05, 0) is 110 Å². The highest BCUT2D eigenvalue weighted by Crippen LogP contribution is 2.60. The average Bonchev–Trinajstić information content (AvgIpc) is 2.55. The average molecular weight is 452 g/mol. The lowest BCUT2D eigenvalue weighted by Crippen LogP contribution is -2.56. The Hall–Kier alpha value is -1.11. The van der Waals surface area contributed by atoms with Crippen molar-refractivity contribution in [3.8, 4) is 0 Å². The Kier molecular flexibility index (Phi) is 4.54. The van der Waals surface area contributed by atoms with Crippen LogP contribution in [0.5, 0.6) is 0 Å². The first-order valence-electron chi connectivity index (χ1n) is 9.31. The van der Waals surface area contributed by atoms with Gasteiger partial charge in [0.25, 0.3) is 0 Å². The van der Waals surface area contributed by atoms with Crippen LogP contribution in [0.1, 0.15) is 45.4 Å². The molecule has 0 aliphatic heterocycles. The van der Waals surface area contributed by atoms with Crippen LogP contribution in [0.3, 0.4) is 0 Å². The molecule has 25 heavy (non-hydrogen) atoms. The molecule has 4 aliphatic carbocycles. The summed E-state index contributed by atoms with van der Waals surface area (Å²) in [6.45, 7) is 1.78. The minimum atomic E-state index is -0.514. The van der Waals surface area contributed by atoms with Gasteiger partial charge in [0.05, 0.1) is 0 Å². The van der Waals surface area contributed by atoms with E-state index in [9.17, 15) is 9.59 Å². The second kappa shape index (κ2) is 6.56. The van der Waals surface area contributed by atoms with E-state index in [1.807, 2.05) is 24.3 Å². The molecule has 0 aromatic heterocycles. The fourth-order valence-corrected chi connectivity index (χ4v) is 5.95. The van der Waals surface area contributed by atoms with E-state index in [4.69, 9.17) is 0 Å². The van der Waals surface area contributed by atoms with Gasteiger partial charge in [0.1, 0.15) is 6.04 Å². The lowest BCUT2D eigenvalue weighted by molar-refractivity contribution is -0.147. The summed E-state index contributed by atoms with van der Waals surface area (Å²) < 4.78 is 1.12. The van der Waals surface area contributed by atoms with Crippen molar-refractivity contribution in [2.24, 2.45) is 23.2 Å². The highest BCUT2D eigenvalue weighted by molar-refractivity contribution is 14.1. The van der Waals surface area contributed by atoms with E-state index >= 15 is 0 Å². The Morgan fingerprint density at radius 1 is 1.04 bits per heavy atom. The number of amides is 2. The number of benzene rings is 1. The maximum atomic E-state index is 13.0. The molecular weight excluding hydrogens is 427 g/mol. The van der Waals surface area contributed by atoms with Crippen LogP contribution < -0.4 is 10.6 Å². The predicted octanol–water partition coefficient (Wildman–Crippen LogP) is 3.95. The summed E-state index contributed by atoms with van der Waals surface area (Å²) >= 11 is 2.23. The van der Waals surface area contributed by atoms with Gasteiger partial charge in [-0.3, -0.25) is 9.59 Å². The van der Waals surface area contributed by atoms with Gasteiger partial charge >= 0.3 is 0 Å². The quantitative estimate of drug-likeness (QED) is 0.680. The third-order valence-corrected chi connectivity index (χ3v) is 7.09. The van der Waals surface area contributed by atoms with Gasteiger partial charge < -0.3 is 10.6 Å². The first kappa shape index (κ1) is 17.3. The first-order valence-corrected chi connectivity index (χ1v) is 10.4. The summed E-state index contributed by atoms with van der Waals surface area (Å²) in [7, 11) is 0. The lowest BCUT2D eigenvalue weighted by atomic mass is 9.49. The normalized spacial score (nSPS) is 33.8. The molecule has 0 radical (unpaired) electrons. The zero-order valence-corrected chi connectivity index (χ0v) is 16.7. The molecule has 4 nitrogen and oxygen atoms in total. The number of carbonyl (C=O) groups excluding carboxylic acids is 2. The number of rotatable bonds is 4. The third kappa shape index (κ3) is 3.44. The molecule has 1 atom stereocenters. The lowest BCUT2D eigenvalue weighted by Gasteiger charge is -2.55. The molecule has 1 aromatic carbocycles. The van der Waals surface area contributed by atoms with Crippen LogP contribution in [0.4, 0.5) is 5.69 Å². The Labute approximate surface area is 162 Å². The summed E-state index contributed by atoms with van der Waals surface area (Å²) in [6, 6.07) is 7.16. The van der Waals surface area contributed by atoms with Crippen LogP contribution in [0, 0.1) is 26.7 Å². The second-order valence-corrected chi connectivity index (χ2v) is 9.63. The molecule has 0 unspecified atom stereocenters. The Morgan fingerprint density at radius 3 is 2.08 bits per heavy atom. The third-order valence-electron chi connectivity index (χ3n) is 6.37. The molecule has 2 N–H and O–H groups in total. The summed E-state index contributed by atoms with van der Waals surface area (Å²) in [5.41, 5.74) is 0.563. The predicted molar refractivity (Wildman–Crippen MR) is 106 cm³/mol. The Bertz CT molecular complexity index is 650. The van der Waals surface area contributed by atoms with E-state index in [1.165, 1.54) is 19.3 Å². The fraction of sp³-hybridized carbons (Fsp3) is 0.600. The van der Waals surface area contributed by atoms with Crippen molar-refractivity contribution >= 4 is 40.1 Å². The van der Waals surface area contributed by atoms with Gasteiger partial charge in [0, 0.05) is 14.7 Å². The zero-order valence-electron chi connectivity index (χ0n) is 14.6. The molecule has 0 heterocycles. The maximum absolute atomic E-state index is 13.0. The molecule has 4 saturated carbocycles. The van der Waals surface area contributed by atoms with Crippen LogP contribution in [0.15, 0.2) is 24.3 Å². The topological polar surface area (TPSA) is 58.2 Å². The number of halogens is 1. The van der Waals surface area contributed by atoms with Gasteiger partial charge in [0.15, 0.2) is 0 Å². The molecular formula is C20H25IN2O2. The molecule has 5 rings (SSSR count). The van der Waals surface area contributed by atoms with Crippen LogP contribution in [-0.2, 0) is 9.59 Å². The van der Waals surface area contributed by atoms with E-state index in [2.05, 4.69) is 33.2 Å². The molecule has 134 valence electrons. The highest BCUT2D eigenvalue weighted by Gasteiger charge is 2.54. The van der Waals surface area contributed by atoms with Gasteiger partial charge in [-0.15, -0.1) is 0 Å². The second-order valence-electron chi connectivity index (χ2n) is 8.39. The monoisotopic (exact) mass is 452 g/mol. The zero-order chi connectivity index (χ0) is 17.6. The molecule has 4 bridgehead atoms. The largest absolute Gasteiger partial charge is 0.344 e. The van der Waals surface area contributed by atoms with E-state index in [-0.39, 0.29) is 17.2 Å². The Balaban J connectivity index is 1.38. The maximum Gasteiger partial charge on any atom is 0.246 e.